The van der Waals surface area contributed by atoms with Crippen LogP contribution in [0.3, 0.4) is 0 Å². The molecule has 1 aromatic heterocycles. The second-order valence-electron chi connectivity index (χ2n) is 4.67. The van der Waals surface area contributed by atoms with E-state index in [1.165, 1.54) is 12.4 Å². The van der Waals surface area contributed by atoms with Crippen molar-refractivity contribution >= 4 is 16.7 Å². The summed E-state index contributed by atoms with van der Waals surface area (Å²) in [6, 6.07) is 4.67. The molecule has 3 rings (SSSR count). The SMILES string of the molecule is O=[N+]([O-])c1cccc2c1ncn2C1C[C@H](O)[C@@H](CO)O1. The molecule has 8 heteroatoms. The molecule has 2 aromatic rings. The number of rotatable bonds is 3. The second kappa shape index (κ2) is 4.82. The third-order valence-corrected chi connectivity index (χ3v) is 3.47. The van der Waals surface area contributed by atoms with Crippen LogP contribution < -0.4 is 0 Å². The third-order valence-electron chi connectivity index (χ3n) is 3.47. The number of benzene rings is 1. The molecule has 1 aliphatic heterocycles. The summed E-state index contributed by atoms with van der Waals surface area (Å²) in [6.45, 7) is -0.273. The molecule has 1 aliphatic rings. The number of nitrogens with zero attached hydrogens (tertiary/aromatic N) is 3. The largest absolute Gasteiger partial charge is 0.394 e. The average Bonchev–Trinajstić information content (AvgIpc) is 3.01. The van der Waals surface area contributed by atoms with Crippen molar-refractivity contribution in [1.29, 1.82) is 0 Å². The Labute approximate surface area is 113 Å². The van der Waals surface area contributed by atoms with Crippen molar-refractivity contribution in [1.82, 2.24) is 9.55 Å². The lowest BCUT2D eigenvalue weighted by atomic mass is 10.2. The van der Waals surface area contributed by atoms with Crippen molar-refractivity contribution < 1.29 is 19.9 Å². The van der Waals surface area contributed by atoms with Crippen molar-refractivity contribution in [2.75, 3.05) is 6.61 Å². The van der Waals surface area contributed by atoms with E-state index in [0.29, 0.717) is 11.9 Å². The van der Waals surface area contributed by atoms with Crippen LogP contribution in [0.4, 0.5) is 5.69 Å². The van der Waals surface area contributed by atoms with Crippen molar-refractivity contribution in [3.8, 4) is 0 Å². The number of aliphatic hydroxyl groups is 2. The fraction of sp³-hybridized carbons (Fsp3) is 0.417. The van der Waals surface area contributed by atoms with Gasteiger partial charge in [-0.05, 0) is 6.07 Å². The number of hydrogen-bond donors (Lipinski definition) is 2. The van der Waals surface area contributed by atoms with Gasteiger partial charge in [0.25, 0.3) is 5.69 Å². The van der Waals surface area contributed by atoms with Crippen LogP contribution in [-0.2, 0) is 4.74 Å². The predicted octanol–water partition coefficient (Wildman–Crippen LogP) is 0.585. The number of aliphatic hydroxyl groups excluding tert-OH is 2. The first-order valence-corrected chi connectivity index (χ1v) is 6.16. The lowest BCUT2D eigenvalue weighted by molar-refractivity contribution is -0.383. The Morgan fingerprint density at radius 3 is 3.00 bits per heavy atom. The lowest BCUT2D eigenvalue weighted by Gasteiger charge is -2.13. The monoisotopic (exact) mass is 279 g/mol. The molecule has 8 nitrogen and oxygen atoms in total. The maximum absolute atomic E-state index is 10.9. The van der Waals surface area contributed by atoms with Gasteiger partial charge in [0.05, 0.1) is 29.5 Å². The predicted molar refractivity (Wildman–Crippen MR) is 68.0 cm³/mol. The van der Waals surface area contributed by atoms with Crippen LogP contribution in [0, 0.1) is 10.1 Å². The Balaban J connectivity index is 2.02. The van der Waals surface area contributed by atoms with E-state index in [2.05, 4.69) is 4.98 Å². The number of non-ortho nitro benzene ring substituents is 1. The number of para-hydroxylation sites is 1. The number of nitro benzene ring substituents is 1. The van der Waals surface area contributed by atoms with Gasteiger partial charge in [-0.15, -0.1) is 0 Å². The zero-order valence-corrected chi connectivity index (χ0v) is 10.4. The fourth-order valence-corrected chi connectivity index (χ4v) is 2.47. The van der Waals surface area contributed by atoms with Crippen molar-refractivity contribution in [2.45, 2.75) is 24.9 Å². The smallest absolute Gasteiger partial charge is 0.297 e. The molecular weight excluding hydrogens is 266 g/mol. The average molecular weight is 279 g/mol. The molecule has 0 radical (unpaired) electrons. The number of nitro groups is 1. The van der Waals surface area contributed by atoms with Crippen LogP contribution in [0.5, 0.6) is 0 Å². The molecule has 1 unspecified atom stereocenters. The van der Waals surface area contributed by atoms with Gasteiger partial charge in [-0.1, -0.05) is 6.07 Å². The number of aromatic nitrogens is 2. The molecule has 0 spiro atoms. The van der Waals surface area contributed by atoms with Crippen molar-refractivity contribution in [3.05, 3.63) is 34.6 Å². The van der Waals surface area contributed by atoms with Gasteiger partial charge >= 0.3 is 0 Å². The maximum atomic E-state index is 10.9. The molecule has 1 aromatic carbocycles. The van der Waals surface area contributed by atoms with E-state index in [1.54, 1.807) is 16.7 Å². The van der Waals surface area contributed by atoms with Gasteiger partial charge in [0, 0.05) is 12.5 Å². The van der Waals surface area contributed by atoms with Gasteiger partial charge in [0.2, 0.25) is 0 Å². The molecule has 3 atom stereocenters. The molecule has 1 fully saturated rings. The third kappa shape index (κ3) is 1.94. The highest BCUT2D eigenvalue weighted by atomic mass is 16.6. The Bertz CT molecular complexity index is 656. The molecule has 0 aliphatic carbocycles. The highest BCUT2D eigenvalue weighted by Crippen LogP contribution is 2.33. The first-order valence-electron chi connectivity index (χ1n) is 6.16. The summed E-state index contributed by atoms with van der Waals surface area (Å²) in [4.78, 5) is 14.5. The quantitative estimate of drug-likeness (QED) is 0.628. The minimum Gasteiger partial charge on any atom is -0.394 e. The normalized spacial score (nSPS) is 26.2. The van der Waals surface area contributed by atoms with Crippen LogP contribution in [0.15, 0.2) is 24.5 Å². The summed E-state index contributed by atoms with van der Waals surface area (Å²) in [7, 11) is 0. The van der Waals surface area contributed by atoms with Gasteiger partial charge in [-0.3, -0.25) is 10.1 Å². The standard InChI is InChI=1S/C12H13N3O5/c16-5-10-9(17)4-11(20-10)14-6-13-12-7(14)2-1-3-8(12)15(18)19/h1-3,6,9-11,16-17H,4-5H2/t9-,10+,11?/m0/s1. The van der Waals surface area contributed by atoms with E-state index >= 15 is 0 Å². The Morgan fingerprint density at radius 2 is 2.35 bits per heavy atom. The zero-order chi connectivity index (χ0) is 14.3. The van der Waals surface area contributed by atoms with E-state index in [-0.39, 0.29) is 17.8 Å². The molecule has 0 bridgehead atoms. The van der Waals surface area contributed by atoms with Crippen molar-refractivity contribution in [3.63, 3.8) is 0 Å². The van der Waals surface area contributed by atoms with Crippen LogP contribution in [0.2, 0.25) is 0 Å². The van der Waals surface area contributed by atoms with E-state index < -0.39 is 23.4 Å². The maximum Gasteiger partial charge on any atom is 0.297 e. The fourth-order valence-electron chi connectivity index (χ4n) is 2.47. The van der Waals surface area contributed by atoms with Crippen LogP contribution in [0.1, 0.15) is 12.6 Å². The van der Waals surface area contributed by atoms with Crippen LogP contribution in [-0.4, -0.2) is 43.5 Å². The minimum atomic E-state index is -0.763. The van der Waals surface area contributed by atoms with Crippen molar-refractivity contribution in [2.24, 2.45) is 0 Å². The molecule has 20 heavy (non-hydrogen) atoms. The second-order valence-corrected chi connectivity index (χ2v) is 4.67. The molecule has 0 amide bonds. The summed E-state index contributed by atoms with van der Waals surface area (Å²) in [5, 5.41) is 29.8. The zero-order valence-electron chi connectivity index (χ0n) is 10.4. The molecule has 0 saturated carbocycles. The first-order chi connectivity index (χ1) is 9.61. The highest BCUT2D eigenvalue weighted by molar-refractivity contribution is 5.84. The molecule has 2 N–H and O–H groups in total. The van der Waals surface area contributed by atoms with Crippen LogP contribution >= 0.6 is 0 Å². The Morgan fingerprint density at radius 1 is 1.55 bits per heavy atom. The minimum absolute atomic E-state index is 0.0708. The van der Waals surface area contributed by atoms with Gasteiger partial charge in [0.1, 0.15) is 12.3 Å². The van der Waals surface area contributed by atoms with Gasteiger partial charge < -0.3 is 19.5 Å². The summed E-state index contributed by atoms with van der Waals surface area (Å²) < 4.78 is 7.17. The van der Waals surface area contributed by atoms with Gasteiger partial charge in [0.15, 0.2) is 5.52 Å². The van der Waals surface area contributed by atoms with Crippen LogP contribution in [0.25, 0.3) is 11.0 Å². The number of hydrogen-bond acceptors (Lipinski definition) is 6. The van der Waals surface area contributed by atoms with Gasteiger partial charge in [-0.2, -0.15) is 0 Å². The highest BCUT2D eigenvalue weighted by Gasteiger charge is 2.35. The van der Waals surface area contributed by atoms with E-state index in [4.69, 9.17) is 9.84 Å². The van der Waals surface area contributed by atoms with E-state index in [0.717, 1.165) is 0 Å². The van der Waals surface area contributed by atoms with Gasteiger partial charge in [-0.25, -0.2) is 4.98 Å². The molecule has 1 saturated heterocycles. The number of fused-ring (bicyclic) bond motifs is 1. The number of ether oxygens (including phenoxy) is 1. The summed E-state index contributed by atoms with van der Waals surface area (Å²) in [5.74, 6) is 0. The summed E-state index contributed by atoms with van der Waals surface area (Å²) in [5.41, 5.74) is 0.775. The molecule has 106 valence electrons. The Hall–Kier alpha value is -2.03. The van der Waals surface area contributed by atoms with E-state index in [9.17, 15) is 15.2 Å². The summed E-state index contributed by atoms with van der Waals surface area (Å²) in [6.07, 6.45) is -0.139. The summed E-state index contributed by atoms with van der Waals surface area (Å²) >= 11 is 0. The lowest BCUT2D eigenvalue weighted by Crippen LogP contribution is -2.24. The molecular formula is C12H13N3O5. The van der Waals surface area contributed by atoms with E-state index in [1.807, 2.05) is 0 Å². The molecule has 2 heterocycles. The topological polar surface area (TPSA) is 111 Å². The number of imidazole rings is 1. The first kappa shape index (κ1) is 13.0. The Kier molecular flexibility index (Phi) is 3.13.